The Hall–Kier alpha value is -2.11. The third-order valence-corrected chi connectivity index (χ3v) is 3.29. The van der Waals surface area contributed by atoms with Crippen LogP contribution in [0, 0.1) is 0 Å². The van der Waals surface area contributed by atoms with Gasteiger partial charge in [-0.1, -0.05) is 24.3 Å². The number of alkyl halides is 3. The first-order chi connectivity index (χ1) is 10.4. The molecule has 0 heterocycles. The smallest absolute Gasteiger partial charge is 0.389 e. The van der Waals surface area contributed by atoms with Crippen LogP contribution in [-0.4, -0.2) is 24.3 Å². The molecular formula is C16H15F3O3. The number of hydrogen-bond acceptors (Lipinski definition) is 3. The Labute approximate surface area is 125 Å². The fourth-order valence-electron chi connectivity index (χ4n) is 2.18. The van der Waals surface area contributed by atoms with E-state index in [0.717, 1.165) is 6.08 Å². The largest absolute Gasteiger partial charge is 0.489 e. The molecule has 0 fully saturated rings. The topological polar surface area (TPSA) is 43.4 Å². The van der Waals surface area contributed by atoms with Gasteiger partial charge < -0.3 is 4.74 Å². The molecule has 0 radical (unpaired) electrons. The van der Waals surface area contributed by atoms with Crippen LogP contribution in [0.1, 0.15) is 46.4 Å². The van der Waals surface area contributed by atoms with E-state index in [4.69, 9.17) is 4.74 Å². The number of hydrogen-bond donors (Lipinski definition) is 0. The van der Waals surface area contributed by atoms with Gasteiger partial charge >= 0.3 is 6.18 Å². The highest BCUT2D eigenvalue weighted by atomic mass is 19.4. The molecular weight excluding hydrogens is 297 g/mol. The number of carbonyl (C=O) groups is 2. The summed E-state index contributed by atoms with van der Waals surface area (Å²) in [4.78, 5) is 24.0. The van der Waals surface area contributed by atoms with Crippen molar-refractivity contribution in [3.8, 4) is 0 Å². The zero-order chi connectivity index (χ0) is 16.2. The number of ketones is 2. The maximum Gasteiger partial charge on any atom is 0.389 e. The number of halogens is 3. The van der Waals surface area contributed by atoms with Crippen LogP contribution in [0.4, 0.5) is 13.2 Å². The van der Waals surface area contributed by atoms with E-state index < -0.39 is 12.6 Å². The van der Waals surface area contributed by atoms with Crippen molar-refractivity contribution in [2.45, 2.75) is 31.9 Å². The van der Waals surface area contributed by atoms with Gasteiger partial charge in [-0.05, 0) is 19.3 Å². The summed E-state index contributed by atoms with van der Waals surface area (Å²) in [6.45, 7) is 0.116. The molecule has 0 unspecified atom stereocenters. The molecule has 6 heteroatoms. The predicted octanol–water partition coefficient (Wildman–Crippen LogP) is 4.09. The Bertz CT molecular complexity index is 603. The van der Waals surface area contributed by atoms with E-state index in [1.807, 2.05) is 0 Å². The highest BCUT2D eigenvalue weighted by Crippen LogP contribution is 2.24. The van der Waals surface area contributed by atoms with Crippen molar-refractivity contribution in [1.82, 2.24) is 0 Å². The first kappa shape index (κ1) is 16.3. The number of fused-ring (bicyclic) bond motifs is 1. The minimum absolute atomic E-state index is 0.0294. The lowest BCUT2D eigenvalue weighted by molar-refractivity contribution is -0.135. The van der Waals surface area contributed by atoms with E-state index >= 15 is 0 Å². The normalized spacial score (nSPS) is 14.6. The molecule has 22 heavy (non-hydrogen) atoms. The zero-order valence-electron chi connectivity index (χ0n) is 11.8. The Morgan fingerprint density at radius 1 is 0.955 bits per heavy atom. The molecule has 0 N–H and O–H groups in total. The zero-order valence-corrected chi connectivity index (χ0v) is 11.8. The fourth-order valence-corrected chi connectivity index (χ4v) is 2.18. The number of allylic oxidation sites excluding steroid dienone is 2. The molecule has 0 amide bonds. The molecule has 2 rings (SSSR count). The maximum absolute atomic E-state index is 12.1. The van der Waals surface area contributed by atoms with Gasteiger partial charge in [0.2, 0.25) is 5.78 Å². The molecule has 1 aliphatic carbocycles. The number of Topliss-reactive ketones (excluding diaryl/α,β-unsaturated/α-hetero) is 1. The highest BCUT2D eigenvalue weighted by molar-refractivity contribution is 6.23. The molecule has 0 saturated carbocycles. The predicted molar refractivity (Wildman–Crippen MR) is 73.7 cm³/mol. The average Bonchev–Trinajstić information content (AvgIpc) is 2.46. The van der Waals surface area contributed by atoms with Crippen LogP contribution in [0.2, 0.25) is 0 Å². The second kappa shape index (κ2) is 6.77. The van der Waals surface area contributed by atoms with E-state index in [2.05, 4.69) is 0 Å². The molecule has 1 aromatic carbocycles. The van der Waals surface area contributed by atoms with E-state index in [9.17, 15) is 22.8 Å². The van der Waals surface area contributed by atoms with E-state index in [-0.39, 0.29) is 30.4 Å². The maximum atomic E-state index is 12.1. The van der Waals surface area contributed by atoms with Crippen molar-refractivity contribution in [2.75, 3.05) is 6.61 Å². The number of rotatable bonds is 6. The molecule has 0 aliphatic heterocycles. The second-order valence-corrected chi connectivity index (χ2v) is 5.02. The summed E-state index contributed by atoms with van der Waals surface area (Å²) in [7, 11) is 0. The van der Waals surface area contributed by atoms with Gasteiger partial charge in [0.15, 0.2) is 11.5 Å². The van der Waals surface area contributed by atoms with Crippen molar-refractivity contribution in [3.05, 3.63) is 47.2 Å². The van der Waals surface area contributed by atoms with Crippen molar-refractivity contribution < 1.29 is 27.5 Å². The van der Waals surface area contributed by atoms with Crippen molar-refractivity contribution in [2.24, 2.45) is 0 Å². The minimum Gasteiger partial charge on any atom is -0.489 e. The second-order valence-electron chi connectivity index (χ2n) is 5.02. The number of benzene rings is 1. The van der Waals surface area contributed by atoms with Gasteiger partial charge in [0, 0.05) is 23.6 Å². The van der Waals surface area contributed by atoms with Gasteiger partial charge in [-0.2, -0.15) is 13.2 Å². The Morgan fingerprint density at radius 3 is 2.32 bits per heavy atom. The number of ether oxygens (including phenoxy) is 1. The first-order valence-corrected chi connectivity index (χ1v) is 6.98. The van der Waals surface area contributed by atoms with Crippen molar-refractivity contribution >= 4 is 11.6 Å². The molecule has 118 valence electrons. The quantitative estimate of drug-likeness (QED) is 0.743. The van der Waals surface area contributed by atoms with Gasteiger partial charge in [-0.3, -0.25) is 9.59 Å². The van der Waals surface area contributed by atoms with Crippen LogP contribution < -0.4 is 0 Å². The monoisotopic (exact) mass is 312 g/mol. The third-order valence-electron chi connectivity index (χ3n) is 3.29. The summed E-state index contributed by atoms with van der Waals surface area (Å²) < 4.78 is 41.2. The molecule has 0 bridgehead atoms. The number of carbonyl (C=O) groups excluding carboxylic acids is 2. The standard InChI is InChI=1S/C16H15F3O3/c17-16(18,19)8-4-1-5-9-22-14-10-13(20)11-6-2-3-7-12(11)15(14)21/h2-3,6-7,10H,1,4-5,8-9H2. The van der Waals surface area contributed by atoms with Gasteiger partial charge in [0.05, 0.1) is 6.61 Å². The lowest BCUT2D eigenvalue weighted by Crippen LogP contribution is -2.18. The van der Waals surface area contributed by atoms with Crippen molar-refractivity contribution in [3.63, 3.8) is 0 Å². The Morgan fingerprint density at radius 2 is 1.64 bits per heavy atom. The summed E-state index contributed by atoms with van der Waals surface area (Å²) in [5.74, 6) is -0.715. The SMILES string of the molecule is O=C1C=C(OCCCCCC(F)(F)F)C(=O)c2ccccc21. The van der Waals surface area contributed by atoms with Crippen LogP contribution in [0.25, 0.3) is 0 Å². The summed E-state index contributed by atoms with van der Waals surface area (Å²) in [6.07, 6.45) is -3.04. The first-order valence-electron chi connectivity index (χ1n) is 6.98. The van der Waals surface area contributed by atoms with Crippen LogP contribution in [-0.2, 0) is 4.74 Å². The Kier molecular flexibility index (Phi) is 5.00. The minimum atomic E-state index is -4.14. The van der Waals surface area contributed by atoms with Crippen LogP contribution in [0.5, 0.6) is 0 Å². The lowest BCUT2D eigenvalue weighted by atomic mass is 9.94. The summed E-state index contributed by atoms with van der Waals surface area (Å²) in [5.41, 5.74) is 0.632. The van der Waals surface area contributed by atoms with E-state index in [1.165, 1.54) is 0 Å². The van der Waals surface area contributed by atoms with E-state index in [0.29, 0.717) is 24.0 Å². The molecule has 3 nitrogen and oxygen atoms in total. The van der Waals surface area contributed by atoms with Crippen LogP contribution in [0.3, 0.4) is 0 Å². The average molecular weight is 312 g/mol. The summed E-state index contributed by atoms with van der Waals surface area (Å²) in [5, 5.41) is 0. The van der Waals surface area contributed by atoms with Crippen molar-refractivity contribution in [1.29, 1.82) is 0 Å². The lowest BCUT2D eigenvalue weighted by Gasteiger charge is -2.15. The molecule has 1 aromatic rings. The van der Waals surface area contributed by atoms with E-state index in [1.54, 1.807) is 24.3 Å². The molecule has 0 aromatic heterocycles. The van der Waals surface area contributed by atoms with Gasteiger partial charge in [-0.25, -0.2) is 0 Å². The number of unbranched alkanes of at least 4 members (excludes halogenated alkanes) is 2. The molecule has 0 spiro atoms. The van der Waals surface area contributed by atoms with Gasteiger partial charge in [0.1, 0.15) is 0 Å². The molecule has 1 aliphatic rings. The Balaban J connectivity index is 1.82. The van der Waals surface area contributed by atoms with Gasteiger partial charge in [0.25, 0.3) is 0 Å². The van der Waals surface area contributed by atoms with Crippen LogP contribution in [0.15, 0.2) is 36.1 Å². The summed E-state index contributed by atoms with van der Waals surface area (Å²) in [6, 6.07) is 6.45. The molecule has 0 atom stereocenters. The third kappa shape index (κ3) is 4.19. The highest BCUT2D eigenvalue weighted by Gasteiger charge is 2.27. The molecule has 0 saturated heterocycles. The fraction of sp³-hybridized carbons (Fsp3) is 0.375. The van der Waals surface area contributed by atoms with Gasteiger partial charge in [-0.15, -0.1) is 0 Å². The van der Waals surface area contributed by atoms with Crippen LogP contribution >= 0.6 is 0 Å². The summed E-state index contributed by atoms with van der Waals surface area (Å²) >= 11 is 0.